The first-order valence-corrected chi connectivity index (χ1v) is 10.6. The Labute approximate surface area is 155 Å². The van der Waals surface area contributed by atoms with Gasteiger partial charge in [-0.1, -0.05) is 0 Å². The summed E-state index contributed by atoms with van der Waals surface area (Å²) in [6.45, 7) is 3.59. The van der Waals surface area contributed by atoms with Gasteiger partial charge >= 0.3 is 0 Å². The normalized spacial score (nSPS) is 18.4. The average molecular weight is 381 g/mol. The van der Waals surface area contributed by atoms with Gasteiger partial charge in [0.05, 0.1) is 12.3 Å². The number of rotatable bonds is 7. The molecule has 2 fully saturated rings. The minimum Gasteiger partial charge on any atom is -0.383 e. The molecule has 0 unspecified atom stereocenters. The number of ether oxygens (including phenoxy) is 1. The third-order valence-electron chi connectivity index (χ3n) is 4.94. The van der Waals surface area contributed by atoms with Crippen molar-refractivity contribution in [1.29, 1.82) is 0 Å². The first kappa shape index (κ1) is 19.1. The van der Waals surface area contributed by atoms with Crippen LogP contribution in [0, 0.1) is 0 Å². The van der Waals surface area contributed by atoms with E-state index >= 15 is 0 Å². The van der Waals surface area contributed by atoms with Crippen molar-refractivity contribution < 1.29 is 17.9 Å². The molecule has 1 N–H and O–H groups in total. The highest BCUT2D eigenvalue weighted by atomic mass is 32.2. The molecule has 0 spiro atoms. The van der Waals surface area contributed by atoms with Gasteiger partial charge in [-0.05, 0) is 43.9 Å². The molecule has 2 heterocycles. The van der Waals surface area contributed by atoms with Crippen LogP contribution in [0.4, 0.5) is 5.69 Å². The van der Waals surface area contributed by atoms with Gasteiger partial charge in [0, 0.05) is 45.4 Å². The number of hydrogen-bond donors (Lipinski definition) is 1. The zero-order chi connectivity index (χ0) is 18.6. The number of hydrogen-bond acceptors (Lipinski definition) is 5. The maximum absolute atomic E-state index is 13.2. The SMILES string of the molecule is COCCNC(=O)c1ccc(N2CCCC2)c(S(=O)(=O)N2CCCC2)c1. The molecular formula is C18H27N3O4S. The van der Waals surface area contributed by atoms with Crippen LogP contribution in [0.1, 0.15) is 36.0 Å². The highest BCUT2D eigenvalue weighted by Gasteiger charge is 2.32. The first-order chi connectivity index (χ1) is 12.5. The number of sulfonamides is 1. The van der Waals surface area contributed by atoms with Crippen LogP contribution in [0.5, 0.6) is 0 Å². The Hall–Kier alpha value is -1.64. The van der Waals surface area contributed by atoms with Gasteiger partial charge in [0.2, 0.25) is 10.0 Å². The summed E-state index contributed by atoms with van der Waals surface area (Å²) < 4.78 is 32.9. The quantitative estimate of drug-likeness (QED) is 0.723. The van der Waals surface area contributed by atoms with E-state index in [2.05, 4.69) is 10.2 Å². The van der Waals surface area contributed by atoms with Crippen molar-refractivity contribution >= 4 is 21.6 Å². The second-order valence-corrected chi connectivity index (χ2v) is 8.64. The first-order valence-electron chi connectivity index (χ1n) is 9.20. The molecule has 2 aliphatic rings. The van der Waals surface area contributed by atoms with E-state index in [9.17, 15) is 13.2 Å². The standard InChI is InChI=1S/C18H27N3O4S/c1-25-13-8-19-18(22)15-6-7-16(20-9-2-3-10-20)17(14-15)26(23,24)21-11-4-5-12-21/h6-7,14H,2-5,8-13H2,1H3,(H,19,22). The van der Waals surface area contributed by atoms with Crippen LogP contribution in [-0.4, -0.2) is 65.1 Å². The van der Waals surface area contributed by atoms with Crippen molar-refractivity contribution in [2.75, 3.05) is 51.3 Å². The third kappa shape index (κ3) is 4.02. The molecule has 1 aromatic rings. The molecule has 1 amide bonds. The van der Waals surface area contributed by atoms with E-state index in [0.29, 0.717) is 37.5 Å². The summed E-state index contributed by atoms with van der Waals surface area (Å²) in [4.78, 5) is 14.7. The molecule has 144 valence electrons. The summed E-state index contributed by atoms with van der Waals surface area (Å²) in [5, 5.41) is 2.75. The third-order valence-corrected chi connectivity index (χ3v) is 6.87. The Kier molecular flexibility index (Phi) is 6.16. The highest BCUT2D eigenvalue weighted by Crippen LogP contribution is 2.32. The van der Waals surface area contributed by atoms with E-state index in [1.807, 2.05) is 0 Å². The van der Waals surface area contributed by atoms with Crippen LogP contribution in [0.3, 0.4) is 0 Å². The van der Waals surface area contributed by atoms with Gasteiger partial charge in [-0.2, -0.15) is 4.31 Å². The van der Waals surface area contributed by atoms with Crippen molar-refractivity contribution in [2.24, 2.45) is 0 Å². The number of nitrogens with one attached hydrogen (secondary N) is 1. The molecule has 0 saturated carbocycles. The smallest absolute Gasteiger partial charge is 0.251 e. The van der Waals surface area contributed by atoms with Crippen LogP contribution in [0.2, 0.25) is 0 Å². The van der Waals surface area contributed by atoms with E-state index in [1.54, 1.807) is 19.2 Å². The molecular weight excluding hydrogens is 354 g/mol. The Morgan fingerprint density at radius 3 is 2.42 bits per heavy atom. The zero-order valence-corrected chi connectivity index (χ0v) is 16.1. The average Bonchev–Trinajstić information content (AvgIpc) is 3.35. The number of amides is 1. The summed E-state index contributed by atoms with van der Waals surface area (Å²) in [5.74, 6) is -0.284. The predicted octanol–water partition coefficient (Wildman–Crippen LogP) is 1.45. The number of anilines is 1. The second-order valence-electron chi connectivity index (χ2n) is 6.74. The maximum atomic E-state index is 13.2. The van der Waals surface area contributed by atoms with Crippen molar-refractivity contribution in [1.82, 2.24) is 9.62 Å². The van der Waals surface area contributed by atoms with Gasteiger partial charge in [-0.15, -0.1) is 0 Å². The molecule has 2 saturated heterocycles. The van der Waals surface area contributed by atoms with E-state index in [4.69, 9.17) is 4.74 Å². The molecule has 0 radical (unpaired) electrons. The summed E-state index contributed by atoms with van der Waals surface area (Å²) in [7, 11) is -2.03. The molecule has 26 heavy (non-hydrogen) atoms. The summed E-state index contributed by atoms with van der Waals surface area (Å²) >= 11 is 0. The van der Waals surface area contributed by atoms with E-state index in [0.717, 1.165) is 38.8 Å². The summed E-state index contributed by atoms with van der Waals surface area (Å²) in [5.41, 5.74) is 1.07. The molecule has 0 aliphatic carbocycles. The lowest BCUT2D eigenvalue weighted by atomic mass is 10.2. The summed E-state index contributed by atoms with van der Waals surface area (Å²) in [6, 6.07) is 5.02. The van der Waals surface area contributed by atoms with Gasteiger partial charge < -0.3 is 15.0 Å². The van der Waals surface area contributed by atoms with Crippen LogP contribution < -0.4 is 10.2 Å². The Morgan fingerprint density at radius 2 is 1.77 bits per heavy atom. The fourth-order valence-electron chi connectivity index (χ4n) is 3.52. The fourth-order valence-corrected chi connectivity index (χ4v) is 5.27. The zero-order valence-electron chi connectivity index (χ0n) is 15.2. The largest absolute Gasteiger partial charge is 0.383 e. The van der Waals surface area contributed by atoms with Gasteiger partial charge in [0.25, 0.3) is 5.91 Å². The topological polar surface area (TPSA) is 79.0 Å². The highest BCUT2D eigenvalue weighted by molar-refractivity contribution is 7.89. The number of nitrogens with zero attached hydrogens (tertiary/aromatic N) is 2. The van der Waals surface area contributed by atoms with Crippen LogP contribution in [-0.2, 0) is 14.8 Å². The van der Waals surface area contributed by atoms with Crippen LogP contribution in [0.25, 0.3) is 0 Å². The van der Waals surface area contributed by atoms with Crippen molar-refractivity contribution in [3.8, 4) is 0 Å². The molecule has 0 atom stereocenters. The maximum Gasteiger partial charge on any atom is 0.251 e. The van der Waals surface area contributed by atoms with Crippen LogP contribution >= 0.6 is 0 Å². The minimum absolute atomic E-state index is 0.251. The van der Waals surface area contributed by atoms with E-state index in [1.165, 1.54) is 10.4 Å². The molecule has 7 nitrogen and oxygen atoms in total. The van der Waals surface area contributed by atoms with Crippen molar-refractivity contribution in [3.63, 3.8) is 0 Å². The predicted molar refractivity (Wildman–Crippen MR) is 100 cm³/mol. The Bertz CT molecular complexity index is 739. The van der Waals surface area contributed by atoms with E-state index in [-0.39, 0.29) is 10.8 Å². The molecule has 0 aromatic heterocycles. The van der Waals surface area contributed by atoms with Gasteiger partial charge in [-0.25, -0.2) is 8.42 Å². The van der Waals surface area contributed by atoms with E-state index < -0.39 is 10.0 Å². The number of methoxy groups -OCH3 is 1. The number of carbonyl (C=O) groups excluding carboxylic acids is 1. The van der Waals surface area contributed by atoms with Gasteiger partial charge in [0.1, 0.15) is 4.90 Å². The molecule has 8 heteroatoms. The molecule has 0 bridgehead atoms. The molecule has 1 aromatic carbocycles. The lowest BCUT2D eigenvalue weighted by Crippen LogP contribution is -2.31. The minimum atomic E-state index is -3.60. The van der Waals surface area contributed by atoms with Gasteiger partial charge in [0.15, 0.2) is 0 Å². The number of benzene rings is 1. The van der Waals surface area contributed by atoms with Gasteiger partial charge in [-0.3, -0.25) is 4.79 Å². The lowest BCUT2D eigenvalue weighted by molar-refractivity contribution is 0.0937. The van der Waals surface area contributed by atoms with Crippen LogP contribution in [0.15, 0.2) is 23.1 Å². The molecule has 2 aliphatic heterocycles. The Morgan fingerprint density at radius 1 is 1.12 bits per heavy atom. The monoisotopic (exact) mass is 381 g/mol. The number of carbonyl (C=O) groups is 1. The molecule has 3 rings (SSSR count). The van der Waals surface area contributed by atoms with Crippen molar-refractivity contribution in [2.45, 2.75) is 30.6 Å². The Balaban J connectivity index is 1.94. The second kappa shape index (κ2) is 8.37. The fraction of sp³-hybridized carbons (Fsp3) is 0.611. The lowest BCUT2D eigenvalue weighted by Gasteiger charge is -2.24. The van der Waals surface area contributed by atoms with Crippen molar-refractivity contribution in [3.05, 3.63) is 23.8 Å². The summed E-state index contributed by atoms with van der Waals surface area (Å²) in [6.07, 6.45) is 3.88.